The number of benzene rings is 2. The zero-order chi connectivity index (χ0) is 19.2. The number of aromatic nitrogens is 1. The predicted octanol–water partition coefficient (Wildman–Crippen LogP) is 4.52. The van der Waals surface area contributed by atoms with Gasteiger partial charge in [0.1, 0.15) is 5.82 Å². The van der Waals surface area contributed by atoms with Crippen LogP contribution in [0.3, 0.4) is 0 Å². The zero-order valence-electron chi connectivity index (χ0n) is 14.4. The molecule has 136 valence electrons. The Kier molecular flexibility index (Phi) is 5.68. The van der Waals surface area contributed by atoms with Gasteiger partial charge in [0.15, 0.2) is 0 Å². The molecule has 2 aromatic carbocycles. The van der Waals surface area contributed by atoms with Crippen molar-refractivity contribution in [1.29, 1.82) is 0 Å². The van der Waals surface area contributed by atoms with E-state index in [0.717, 1.165) is 5.69 Å². The van der Waals surface area contributed by atoms with Gasteiger partial charge in [0.2, 0.25) is 0 Å². The topological polar surface area (TPSA) is 80.3 Å². The fraction of sp³-hybridized carbons (Fsp3) is 0.0500. The van der Waals surface area contributed by atoms with Crippen molar-refractivity contribution in [2.24, 2.45) is 0 Å². The lowest BCUT2D eigenvalue weighted by Gasteiger charge is -2.10. The van der Waals surface area contributed by atoms with E-state index in [9.17, 15) is 9.59 Å². The van der Waals surface area contributed by atoms with Gasteiger partial charge in [-0.15, -0.1) is 0 Å². The molecule has 6 nitrogen and oxygen atoms in total. The lowest BCUT2D eigenvalue weighted by molar-refractivity contribution is 0.0600. The van der Waals surface area contributed by atoms with E-state index in [1.165, 1.54) is 31.5 Å². The van der Waals surface area contributed by atoms with E-state index < -0.39 is 11.9 Å². The minimum absolute atomic E-state index is 0.290. The van der Waals surface area contributed by atoms with E-state index in [-0.39, 0.29) is 5.56 Å². The number of hydrogen-bond acceptors (Lipinski definition) is 5. The maximum atomic E-state index is 12.4. The van der Waals surface area contributed by atoms with Crippen molar-refractivity contribution in [3.05, 3.63) is 83.0 Å². The lowest BCUT2D eigenvalue weighted by Crippen LogP contribution is -2.13. The number of carbonyl (C=O) groups excluding carboxylic acids is 2. The summed E-state index contributed by atoms with van der Waals surface area (Å²) in [6, 6.07) is 17.4. The maximum absolute atomic E-state index is 12.4. The minimum atomic E-state index is -0.514. The van der Waals surface area contributed by atoms with Gasteiger partial charge in [-0.3, -0.25) is 4.79 Å². The van der Waals surface area contributed by atoms with Crippen molar-refractivity contribution >= 4 is 40.7 Å². The SMILES string of the molecule is COC(=O)c1ccc(Cl)c(NC(=O)c2ccc(Nc3ccccc3)nc2)c1. The summed E-state index contributed by atoms with van der Waals surface area (Å²) in [6.45, 7) is 0. The summed E-state index contributed by atoms with van der Waals surface area (Å²) in [7, 11) is 1.28. The number of pyridine rings is 1. The maximum Gasteiger partial charge on any atom is 0.337 e. The van der Waals surface area contributed by atoms with Gasteiger partial charge in [0.05, 0.1) is 28.9 Å². The Morgan fingerprint density at radius 1 is 1.00 bits per heavy atom. The monoisotopic (exact) mass is 381 g/mol. The van der Waals surface area contributed by atoms with E-state index in [2.05, 4.69) is 20.4 Å². The highest BCUT2D eigenvalue weighted by Gasteiger charge is 2.13. The molecule has 0 spiro atoms. The third-order valence-corrected chi connectivity index (χ3v) is 4.04. The zero-order valence-corrected chi connectivity index (χ0v) is 15.2. The number of rotatable bonds is 5. The van der Waals surface area contributed by atoms with Crippen LogP contribution < -0.4 is 10.6 Å². The molecule has 1 heterocycles. The second-order valence-corrected chi connectivity index (χ2v) is 5.97. The number of amides is 1. The van der Waals surface area contributed by atoms with Gasteiger partial charge in [-0.05, 0) is 42.5 Å². The number of hydrogen-bond donors (Lipinski definition) is 2. The van der Waals surface area contributed by atoms with Gasteiger partial charge >= 0.3 is 5.97 Å². The molecular weight excluding hydrogens is 366 g/mol. The molecule has 0 saturated carbocycles. The second-order valence-electron chi connectivity index (χ2n) is 5.56. The van der Waals surface area contributed by atoms with E-state index >= 15 is 0 Å². The average molecular weight is 382 g/mol. The van der Waals surface area contributed by atoms with Crippen molar-refractivity contribution in [2.45, 2.75) is 0 Å². The number of nitrogens with zero attached hydrogens (tertiary/aromatic N) is 1. The highest BCUT2D eigenvalue weighted by atomic mass is 35.5. The first kappa shape index (κ1) is 18.4. The summed E-state index contributed by atoms with van der Waals surface area (Å²) in [5.74, 6) is -0.290. The van der Waals surface area contributed by atoms with E-state index in [1.54, 1.807) is 12.1 Å². The number of ether oxygens (including phenoxy) is 1. The number of carbonyl (C=O) groups is 2. The summed E-state index contributed by atoms with van der Waals surface area (Å²) in [5, 5.41) is 6.13. The van der Waals surface area contributed by atoms with E-state index in [4.69, 9.17) is 11.6 Å². The summed E-state index contributed by atoms with van der Waals surface area (Å²) in [4.78, 5) is 28.3. The summed E-state index contributed by atoms with van der Waals surface area (Å²) < 4.78 is 4.67. The first-order chi connectivity index (χ1) is 13.1. The van der Waals surface area contributed by atoms with Gasteiger partial charge in [0, 0.05) is 11.9 Å². The van der Waals surface area contributed by atoms with Crippen molar-refractivity contribution < 1.29 is 14.3 Å². The fourth-order valence-electron chi connectivity index (χ4n) is 2.33. The van der Waals surface area contributed by atoms with Crippen LogP contribution in [0.1, 0.15) is 20.7 Å². The van der Waals surface area contributed by atoms with Gasteiger partial charge in [-0.25, -0.2) is 9.78 Å². The molecule has 0 bridgehead atoms. The van der Waals surface area contributed by atoms with Gasteiger partial charge < -0.3 is 15.4 Å². The second kappa shape index (κ2) is 8.33. The first-order valence-corrected chi connectivity index (χ1v) is 8.42. The Morgan fingerprint density at radius 3 is 2.41 bits per heavy atom. The van der Waals surface area contributed by atoms with Crippen molar-refractivity contribution in [3.8, 4) is 0 Å². The van der Waals surface area contributed by atoms with E-state index in [0.29, 0.717) is 22.1 Å². The number of nitrogens with one attached hydrogen (secondary N) is 2. The molecule has 0 atom stereocenters. The smallest absolute Gasteiger partial charge is 0.337 e. The van der Waals surface area contributed by atoms with Crippen LogP contribution >= 0.6 is 11.6 Å². The highest BCUT2D eigenvalue weighted by Crippen LogP contribution is 2.24. The van der Waals surface area contributed by atoms with Gasteiger partial charge in [-0.1, -0.05) is 29.8 Å². The normalized spacial score (nSPS) is 10.1. The van der Waals surface area contributed by atoms with Gasteiger partial charge in [-0.2, -0.15) is 0 Å². The lowest BCUT2D eigenvalue weighted by atomic mass is 10.2. The molecular formula is C20H16ClN3O3. The standard InChI is InChI=1S/C20H16ClN3O3/c1-27-20(26)13-7-9-16(21)17(11-13)24-19(25)14-8-10-18(22-12-14)23-15-5-3-2-4-6-15/h2-12H,1H3,(H,22,23)(H,24,25). The number of para-hydroxylation sites is 1. The van der Waals surface area contributed by atoms with Crippen LogP contribution in [-0.4, -0.2) is 24.0 Å². The molecule has 1 amide bonds. The van der Waals surface area contributed by atoms with Crippen LogP contribution in [0.25, 0.3) is 0 Å². The molecule has 7 heteroatoms. The fourth-order valence-corrected chi connectivity index (χ4v) is 2.50. The Balaban J connectivity index is 1.72. The third kappa shape index (κ3) is 4.62. The highest BCUT2D eigenvalue weighted by molar-refractivity contribution is 6.34. The van der Waals surface area contributed by atoms with Crippen LogP contribution in [0.2, 0.25) is 5.02 Å². The molecule has 0 aliphatic carbocycles. The average Bonchev–Trinajstić information content (AvgIpc) is 2.70. The molecule has 0 saturated heterocycles. The van der Waals surface area contributed by atoms with Crippen LogP contribution in [-0.2, 0) is 4.74 Å². The molecule has 0 unspecified atom stereocenters. The van der Waals surface area contributed by atoms with Crippen molar-refractivity contribution in [1.82, 2.24) is 4.98 Å². The summed E-state index contributed by atoms with van der Waals surface area (Å²) >= 11 is 6.10. The Bertz CT molecular complexity index is 960. The van der Waals surface area contributed by atoms with Crippen molar-refractivity contribution in [2.75, 3.05) is 17.7 Å². The molecule has 27 heavy (non-hydrogen) atoms. The Labute approximate surface area is 161 Å². The number of anilines is 3. The van der Waals surface area contributed by atoms with Crippen molar-refractivity contribution in [3.63, 3.8) is 0 Å². The van der Waals surface area contributed by atoms with Crippen LogP contribution in [0.15, 0.2) is 66.9 Å². The summed E-state index contributed by atoms with van der Waals surface area (Å²) in [6.07, 6.45) is 1.46. The number of esters is 1. The van der Waals surface area contributed by atoms with E-state index in [1.807, 2.05) is 30.3 Å². The molecule has 3 aromatic rings. The number of halogens is 1. The molecule has 0 fully saturated rings. The largest absolute Gasteiger partial charge is 0.465 e. The van der Waals surface area contributed by atoms with Crippen LogP contribution in [0, 0.1) is 0 Å². The number of methoxy groups -OCH3 is 1. The molecule has 0 radical (unpaired) electrons. The molecule has 1 aromatic heterocycles. The van der Waals surface area contributed by atoms with Crippen LogP contribution in [0.5, 0.6) is 0 Å². The molecule has 0 aliphatic heterocycles. The summed E-state index contributed by atoms with van der Waals surface area (Å²) in [5.41, 5.74) is 1.86. The Morgan fingerprint density at radius 2 is 1.74 bits per heavy atom. The predicted molar refractivity (Wildman–Crippen MR) is 105 cm³/mol. The molecule has 0 aliphatic rings. The Hall–Kier alpha value is -3.38. The molecule has 3 rings (SSSR count). The van der Waals surface area contributed by atoms with Crippen LogP contribution in [0.4, 0.5) is 17.2 Å². The van der Waals surface area contributed by atoms with Gasteiger partial charge in [0.25, 0.3) is 5.91 Å². The molecule has 2 N–H and O–H groups in total. The minimum Gasteiger partial charge on any atom is -0.465 e. The quantitative estimate of drug-likeness (QED) is 0.635. The third-order valence-electron chi connectivity index (χ3n) is 3.71. The first-order valence-electron chi connectivity index (χ1n) is 8.04.